The Hall–Kier alpha value is -0.610. The van der Waals surface area contributed by atoms with Crippen molar-refractivity contribution >= 4 is 5.97 Å². The highest BCUT2D eigenvalue weighted by atomic mass is 16.6. The number of likely N-dealkylation sites (N-methyl/N-ethyl adjacent to an activating group) is 1. The van der Waals surface area contributed by atoms with Gasteiger partial charge >= 0.3 is 5.97 Å². The molecule has 0 rings (SSSR count). The Balaban J connectivity index is 3.25. The van der Waals surface area contributed by atoms with Gasteiger partial charge in [-0.05, 0) is 20.5 Å². The third kappa shape index (κ3) is 25.5. The molecule has 0 amide bonds. The van der Waals surface area contributed by atoms with Gasteiger partial charge in [-0.1, -0.05) is 116 Å². The highest BCUT2D eigenvalue weighted by Gasteiger charge is 2.13. The number of esters is 1. The lowest BCUT2D eigenvalue weighted by atomic mass is 10.0. The smallest absolute Gasteiger partial charge is 0.303 e. The first kappa shape index (κ1) is 30.4. The average Bonchev–Trinajstić information content (AvgIpc) is 2.71. The second kappa shape index (κ2) is 24.0. The van der Waals surface area contributed by atoms with Crippen molar-refractivity contribution in [1.82, 2.24) is 4.90 Å². The fourth-order valence-corrected chi connectivity index (χ4v) is 4.09. The van der Waals surface area contributed by atoms with E-state index in [1.54, 1.807) is 0 Å². The Morgan fingerprint density at radius 3 is 1.42 bits per heavy atom. The molecule has 0 bridgehead atoms. The summed E-state index contributed by atoms with van der Waals surface area (Å²) in [5.41, 5.74) is 0. The van der Waals surface area contributed by atoms with Crippen molar-refractivity contribution in [2.75, 3.05) is 33.9 Å². The van der Waals surface area contributed by atoms with Gasteiger partial charge in [-0.3, -0.25) is 4.79 Å². The second-order valence-electron chi connectivity index (χ2n) is 9.58. The van der Waals surface area contributed by atoms with Gasteiger partial charge in [-0.25, -0.2) is 0 Å². The third-order valence-corrected chi connectivity index (χ3v) is 5.85. The second-order valence-corrected chi connectivity index (χ2v) is 9.58. The Bertz CT molecular complexity index is 373. The van der Waals surface area contributed by atoms with Crippen LogP contribution < -0.4 is 0 Å². The zero-order chi connectivity index (χ0) is 23.0. The Kier molecular flexibility index (Phi) is 23.6. The number of ether oxygens (including phenoxy) is 2. The van der Waals surface area contributed by atoms with Crippen LogP contribution in [0.3, 0.4) is 0 Å². The highest BCUT2D eigenvalue weighted by molar-refractivity contribution is 5.66. The maximum absolute atomic E-state index is 11.1. The zero-order valence-corrected chi connectivity index (χ0v) is 21.6. The van der Waals surface area contributed by atoms with Crippen LogP contribution in [0, 0.1) is 0 Å². The van der Waals surface area contributed by atoms with Gasteiger partial charge in [-0.2, -0.15) is 0 Å². The van der Waals surface area contributed by atoms with Gasteiger partial charge in [0.15, 0.2) is 0 Å². The lowest BCUT2D eigenvalue weighted by Crippen LogP contribution is -2.33. The van der Waals surface area contributed by atoms with Crippen LogP contribution in [0.4, 0.5) is 0 Å². The fourth-order valence-electron chi connectivity index (χ4n) is 4.09. The molecular formula is C27H55NO3. The summed E-state index contributed by atoms with van der Waals surface area (Å²) in [6.45, 7) is 5.72. The molecule has 4 heteroatoms. The summed E-state index contributed by atoms with van der Waals surface area (Å²) in [6.07, 6.45) is 24.9. The predicted molar refractivity (Wildman–Crippen MR) is 134 cm³/mol. The van der Waals surface area contributed by atoms with E-state index in [0.29, 0.717) is 13.2 Å². The van der Waals surface area contributed by atoms with Crippen molar-refractivity contribution in [3.05, 3.63) is 0 Å². The van der Waals surface area contributed by atoms with Crippen LogP contribution >= 0.6 is 0 Å². The van der Waals surface area contributed by atoms with Gasteiger partial charge in [-0.15, -0.1) is 0 Å². The molecule has 0 saturated heterocycles. The SMILES string of the molecule is CCCCCCCCCCCCCCCCCCCCOCC(CN(C)C)OC(C)=O. The summed E-state index contributed by atoms with van der Waals surface area (Å²) in [6, 6.07) is 0. The molecule has 1 unspecified atom stereocenters. The minimum Gasteiger partial charge on any atom is -0.459 e. The van der Waals surface area contributed by atoms with E-state index in [9.17, 15) is 4.79 Å². The van der Waals surface area contributed by atoms with Gasteiger partial charge in [0, 0.05) is 20.1 Å². The minimum absolute atomic E-state index is 0.164. The van der Waals surface area contributed by atoms with Crippen LogP contribution in [0.25, 0.3) is 0 Å². The molecule has 0 aliphatic carbocycles. The summed E-state index contributed by atoms with van der Waals surface area (Å²) in [5.74, 6) is -0.233. The summed E-state index contributed by atoms with van der Waals surface area (Å²) >= 11 is 0. The topological polar surface area (TPSA) is 38.8 Å². The lowest BCUT2D eigenvalue weighted by molar-refractivity contribution is -0.150. The van der Waals surface area contributed by atoms with Crippen molar-refractivity contribution < 1.29 is 14.3 Å². The normalized spacial score (nSPS) is 12.4. The summed E-state index contributed by atoms with van der Waals surface area (Å²) < 4.78 is 11.0. The van der Waals surface area contributed by atoms with Crippen LogP contribution in [0.2, 0.25) is 0 Å². The van der Waals surface area contributed by atoms with E-state index in [2.05, 4.69) is 6.92 Å². The maximum atomic E-state index is 11.1. The van der Waals surface area contributed by atoms with Gasteiger partial charge in [0.25, 0.3) is 0 Å². The summed E-state index contributed by atoms with van der Waals surface area (Å²) in [5, 5.41) is 0. The van der Waals surface area contributed by atoms with E-state index >= 15 is 0 Å². The molecule has 0 aliphatic rings. The Labute approximate surface area is 194 Å². The van der Waals surface area contributed by atoms with Crippen molar-refractivity contribution in [2.24, 2.45) is 0 Å². The first-order valence-electron chi connectivity index (χ1n) is 13.5. The van der Waals surface area contributed by atoms with E-state index in [4.69, 9.17) is 9.47 Å². The first-order chi connectivity index (χ1) is 15.1. The van der Waals surface area contributed by atoms with Crippen LogP contribution in [-0.2, 0) is 14.3 Å². The van der Waals surface area contributed by atoms with Crippen LogP contribution in [-0.4, -0.2) is 50.8 Å². The van der Waals surface area contributed by atoms with Gasteiger partial charge < -0.3 is 14.4 Å². The maximum Gasteiger partial charge on any atom is 0.303 e. The molecule has 0 aromatic carbocycles. The predicted octanol–water partition coefficient (Wildman–Crippen LogP) is 7.54. The molecule has 31 heavy (non-hydrogen) atoms. The quantitative estimate of drug-likeness (QED) is 0.115. The summed E-state index contributed by atoms with van der Waals surface area (Å²) in [7, 11) is 3.96. The molecule has 0 N–H and O–H groups in total. The van der Waals surface area contributed by atoms with E-state index in [0.717, 1.165) is 13.0 Å². The fraction of sp³-hybridized carbons (Fsp3) is 0.963. The largest absolute Gasteiger partial charge is 0.459 e. The number of carbonyl (C=O) groups excluding carboxylic acids is 1. The molecule has 0 fully saturated rings. The molecule has 0 spiro atoms. The van der Waals surface area contributed by atoms with Gasteiger partial charge in [0.2, 0.25) is 0 Å². The number of nitrogens with zero attached hydrogens (tertiary/aromatic N) is 1. The van der Waals surface area contributed by atoms with E-state index in [1.165, 1.54) is 116 Å². The first-order valence-corrected chi connectivity index (χ1v) is 13.5. The number of hydrogen-bond donors (Lipinski definition) is 0. The number of rotatable bonds is 24. The minimum atomic E-state index is -0.233. The average molecular weight is 442 g/mol. The van der Waals surface area contributed by atoms with E-state index < -0.39 is 0 Å². The molecule has 0 radical (unpaired) electrons. The van der Waals surface area contributed by atoms with E-state index in [1.807, 2.05) is 19.0 Å². The van der Waals surface area contributed by atoms with Crippen LogP contribution in [0.15, 0.2) is 0 Å². The van der Waals surface area contributed by atoms with Crippen molar-refractivity contribution in [1.29, 1.82) is 0 Å². The molecule has 0 heterocycles. The zero-order valence-electron chi connectivity index (χ0n) is 21.6. The highest BCUT2D eigenvalue weighted by Crippen LogP contribution is 2.14. The molecule has 0 aromatic heterocycles. The number of unbranched alkanes of at least 4 members (excludes halogenated alkanes) is 17. The molecule has 4 nitrogen and oxygen atoms in total. The van der Waals surface area contributed by atoms with Gasteiger partial charge in [0.1, 0.15) is 6.10 Å². The monoisotopic (exact) mass is 441 g/mol. The van der Waals surface area contributed by atoms with Crippen molar-refractivity contribution in [3.63, 3.8) is 0 Å². The van der Waals surface area contributed by atoms with Gasteiger partial charge in [0.05, 0.1) is 6.61 Å². The Morgan fingerprint density at radius 1 is 0.677 bits per heavy atom. The Morgan fingerprint density at radius 2 is 1.06 bits per heavy atom. The molecule has 0 aliphatic heterocycles. The lowest BCUT2D eigenvalue weighted by Gasteiger charge is -2.20. The number of hydrogen-bond acceptors (Lipinski definition) is 4. The molecule has 1 atom stereocenters. The summed E-state index contributed by atoms with van der Waals surface area (Å²) in [4.78, 5) is 13.2. The van der Waals surface area contributed by atoms with E-state index in [-0.39, 0.29) is 12.1 Å². The molecular weight excluding hydrogens is 386 g/mol. The standard InChI is InChI=1S/C27H55NO3/c1-5-6-7-8-9-10-11-12-13-14-15-16-17-18-19-20-21-22-23-30-25-27(24-28(3)4)31-26(2)29/h27H,5-25H2,1-4H3. The molecule has 186 valence electrons. The molecule has 0 saturated carbocycles. The van der Waals surface area contributed by atoms with Crippen molar-refractivity contribution in [2.45, 2.75) is 136 Å². The third-order valence-electron chi connectivity index (χ3n) is 5.85. The number of carbonyl (C=O) groups is 1. The van der Waals surface area contributed by atoms with Crippen LogP contribution in [0.5, 0.6) is 0 Å². The van der Waals surface area contributed by atoms with Crippen molar-refractivity contribution in [3.8, 4) is 0 Å². The molecule has 0 aromatic rings. The van der Waals surface area contributed by atoms with Crippen LogP contribution in [0.1, 0.15) is 129 Å².